The Balaban J connectivity index is 2.10. The van der Waals surface area contributed by atoms with E-state index in [1.807, 2.05) is 0 Å². The minimum Gasteiger partial charge on any atom is -0.388 e. The van der Waals surface area contributed by atoms with Gasteiger partial charge in [0.05, 0.1) is 17.1 Å². The third kappa shape index (κ3) is 2.87. The molecule has 0 radical (unpaired) electrons. The summed E-state index contributed by atoms with van der Waals surface area (Å²) < 4.78 is 0. The SMILES string of the molecule is CCC1CCC(C#N)(C2(O)CCC(C(C)(C)CC)CC2)C1. The van der Waals surface area contributed by atoms with Crippen LogP contribution in [0.1, 0.15) is 85.5 Å². The zero-order chi connectivity index (χ0) is 15.7. The normalized spacial score (nSPS) is 41.0. The molecule has 0 aromatic heterocycles. The van der Waals surface area contributed by atoms with Gasteiger partial charge in [0.1, 0.15) is 0 Å². The van der Waals surface area contributed by atoms with Gasteiger partial charge in [0.25, 0.3) is 0 Å². The minimum atomic E-state index is -0.730. The Morgan fingerprint density at radius 1 is 1.14 bits per heavy atom. The summed E-state index contributed by atoms with van der Waals surface area (Å²) in [5.74, 6) is 1.33. The highest BCUT2D eigenvalue weighted by Gasteiger charge is 2.55. The Morgan fingerprint density at radius 2 is 1.76 bits per heavy atom. The van der Waals surface area contributed by atoms with Crippen LogP contribution in [0.5, 0.6) is 0 Å². The molecule has 0 aliphatic heterocycles. The molecular weight excluding hydrogens is 258 g/mol. The van der Waals surface area contributed by atoms with Crippen LogP contribution < -0.4 is 0 Å². The first kappa shape index (κ1) is 16.8. The van der Waals surface area contributed by atoms with Crippen molar-refractivity contribution in [2.24, 2.45) is 22.7 Å². The van der Waals surface area contributed by atoms with Crippen LogP contribution in [0.3, 0.4) is 0 Å². The molecule has 2 fully saturated rings. The molecule has 2 saturated carbocycles. The lowest BCUT2D eigenvalue weighted by Crippen LogP contribution is -2.50. The van der Waals surface area contributed by atoms with E-state index in [4.69, 9.17) is 0 Å². The van der Waals surface area contributed by atoms with Gasteiger partial charge >= 0.3 is 0 Å². The average molecular weight is 291 g/mol. The predicted octanol–water partition coefficient (Wildman–Crippen LogP) is 5.06. The second-order valence-electron chi connectivity index (χ2n) is 8.36. The third-order valence-corrected chi connectivity index (χ3v) is 7.13. The van der Waals surface area contributed by atoms with E-state index in [0.29, 0.717) is 17.3 Å². The molecule has 0 heterocycles. The molecule has 2 aliphatic carbocycles. The third-order valence-electron chi connectivity index (χ3n) is 7.13. The van der Waals surface area contributed by atoms with E-state index >= 15 is 0 Å². The van der Waals surface area contributed by atoms with Crippen LogP contribution in [0, 0.1) is 34.0 Å². The second-order valence-corrected chi connectivity index (χ2v) is 8.36. The van der Waals surface area contributed by atoms with Gasteiger partial charge in [-0.1, -0.05) is 40.5 Å². The van der Waals surface area contributed by atoms with Gasteiger partial charge in [-0.05, 0) is 62.2 Å². The lowest BCUT2D eigenvalue weighted by atomic mass is 9.59. The molecular formula is C19H33NO. The topological polar surface area (TPSA) is 44.0 Å². The minimum absolute atomic E-state index is 0.364. The molecule has 21 heavy (non-hydrogen) atoms. The zero-order valence-corrected chi connectivity index (χ0v) is 14.4. The van der Waals surface area contributed by atoms with Crippen LogP contribution >= 0.6 is 0 Å². The number of hydrogen-bond acceptors (Lipinski definition) is 2. The maximum Gasteiger partial charge on any atom is 0.0863 e. The zero-order valence-electron chi connectivity index (χ0n) is 14.4. The van der Waals surface area contributed by atoms with Crippen LogP contribution in [0.2, 0.25) is 0 Å². The molecule has 1 N–H and O–H groups in total. The molecule has 0 spiro atoms. The number of nitrogens with zero attached hydrogens (tertiary/aromatic N) is 1. The number of aliphatic hydroxyl groups is 1. The summed E-state index contributed by atoms with van der Waals surface area (Å²) in [6.45, 7) is 9.18. The van der Waals surface area contributed by atoms with Crippen LogP contribution in [-0.2, 0) is 0 Å². The first-order chi connectivity index (χ1) is 9.82. The highest BCUT2D eigenvalue weighted by atomic mass is 16.3. The Labute approximate surface area is 130 Å². The molecule has 2 heteroatoms. The molecule has 0 bridgehead atoms. The monoisotopic (exact) mass is 291 g/mol. The largest absolute Gasteiger partial charge is 0.388 e. The molecule has 0 aromatic carbocycles. The molecule has 2 unspecified atom stereocenters. The van der Waals surface area contributed by atoms with E-state index in [2.05, 4.69) is 33.8 Å². The van der Waals surface area contributed by atoms with Gasteiger partial charge in [-0.3, -0.25) is 0 Å². The maximum absolute atomic E-state index is 11.3. The number of nitriles is 1. The summed E-state index contributed by atoms with van der Waals surface area (Å²) in [6, 6.07) is 2.57. The molecule has 2 rings (SSSR count). The van der Waals surface area contributed by atoms with Crippen molar-refractivity contribution in [2.75, 3.05) is 0 Å². The summed E-state index contributed by atoms with van der Waals surface area (Å²) in [7, 11) is 0. The van der Waals surface area contributed by atoms with E-state index < -0.39 is 11.0 Å². The van der Waals surface area contributed by atoms with Crippen LogP contribution in [0.4, 0.5) is 0 Å². The van der Waals surface area contributed by atoms with Crippen molar-refractivity contribution < 1.29 is 5.11 Å². The molecule has 120 valence electrons. The molecule has 2 nitrogen and oxygen atoms in total. The van der Waals surface area contributed by atoms with Crippen LogP contribution in [0.15, 0.2) is 0 Å². The summed E-state index contributed by atoms with van der Waals surface area (Å²) in [6.07, 6.45) is 9.09. The van der Waals surface area contributed by atoms with Gasteiger partial charge in [-0.2, -0.15) is 5.26 Å². The van der Waals surface area contributed by atoms with Crippen molar-refractivity contribution in [1.29, 1.82) is 5.26 Å². The van der Waals surface area contributed by atoms with Gasteiger partial charge in [0.15, 0.2) is 0 Å². The van der Waals surface area contributed by atoms with Gasteiger partial charge < -0.3 is 5.11 Å². The fourth-order valence-electron chi connectivity index (χ4n) is 4.77. The maximum atomic E-state index is 11.3. The van der Waals surface area contributed by atoms with E-state index in [0.717, 1.165) is 51.4 Å². The number of rotatable bonds is 4. The molecule has 0 amide bonds. The summed E-state index contributed by atoms with van der Waals surface area (Å²) in [5, 5.41) is 21.1. The van der Waals surface area contributed by atoms with Crippen LogP contribution in [0.25, 0.3) is 0 Å². The Morgan fingerprint density at radius 3 is 2.19 bits per heavy atom. The predicted molar refractivity (Wildman–Crippen MR) is 86.7 cm³/mol. The lowest BCUT2D eigenvalue weighted by Gasteiger charge is -2.48. The van der Waals surface area contributed by atoms with E-state index in [9.17, 15) is 10.4 Å². The number of hydrogen-bond donors (Lipinski definition) is 1. The van der Waals surface area contributed by atoms with Crippen molar-refractivity contribution in [2.45, 2.75) is 91.1 Å². The van der Waals surface area contributed by atoms with E-state index in [1.54, 1.807) is 0 Å². The Bertz CT molecular complexity index is 400. The second kappa shape index (κ2) is 5.92. The summed E-state index contributed by atoms with van der Waals surface area (Å²) in [5.41, 5.74) is -0.830. The first-order valence-electron chi connectivity index (χ1n) is 8.96. The summed E-state index contributed by atoms with van der Waals surface area (Å²) in [4.78, 5) is 0. The van der Waals surface area contributed by atoms with E-state index in [1.165, 1.54) is 6.42 Å². The molecule has 2 aliphatic rings. The molecule has 2 atom stereocenters. The first-order valence-corrected chi connectivity index (χ1v) is 8.96. The standard InChI is InChI=1S/C19H33NO/c1-5-15-7-10-18(13-15,14-20)19(21)11-8-16(9-12-19)17(3,4)6-2/h15-16,21H,5-13H2,1-4H3. The Kier molecular flexibility index (Phi) is 4.74. The molecule has 0 saturated heterocycles. The fraction of sp³-hybridized carbons (Fsp3) is 0.947. The van der Waals surface area contributed by atoms with Gasteiger partial charge in [-0.15, -0.1) is 0 Å². The Hall–Kier alpha value is -0.550. The van der Waals surface area contributed by atoms with Crippen molar-refractivity contribution in [3.05, 3.63) is 0 Å². The lowest BCUT2D eigenvalue weighted by molar-refractivity contribution is -0.0999. The van der Waals surface area contributed by atoms with Gasteiger partial charge in [-0.25, -0.2) is 0 Å². The quantitative estimate of drug-likeness (QED) is 0.786. The van der Waals surface area contributed by atoms with Crippen molar-refractivity contribution in [3.63, 3.8) is 0 Å². The smallest absolute Gasteiger partial charge is 0.0863 e. The highest BCUT2D eigenvalue weighted by molar-refractivity contribution is 5.16. The molecule has 0 aromatic rings. The highest BCUT2D eigenvalue weighted by Crippen LogP contribution is 2.56. The fourth-order valence-corrected chi connectivity index (χ4v) is 4.77. The summed E-state index contributed by atoms with van der Waals surface area (Å²) >= 11 is 0. The van der Waals surface area contributed by atoms with Crippen molar-refractivity contribution in [3.8, 4) is 6.07 Å². The average Bonchev–Trinajstić information content (AvgIpc) is 2.93. The van der Waals surface area contributed by atoms with Crippen LogP contribution in [-0.4, -0.2) is 10.7 Å². The van der Waals surface area contributed by atoms with Crippen molar-refractivity contribution in [1.82, 2.24) is 0 Å². The van der Waals surface area contributed by atoms with Crippen molar-refractivity contribution >= 4 is 0 Å². The van der Waals surface area contributed by atoms with Gasteiger partial charge in [0.2, 0.25) is 0 Å². The van der Waals surface area contributed by atoms with E-state index in [-0.39, 0.29) is 0 Å². The van der Waals surface area contributed by atoms with Gasteiger partial charge in [0, 0.05) is 0 Å².